The number of hydrogen-bond acceptors (Lipinski definition) is 8. The Kier molecular flexibility index (Phi) is 12.0. The fourth-order valence-corrected chi connectivity index (χ4v) is 3.05. The van der Waals surface area contributed by atoms with Gasteiger partial charge in [0.1, 0.15) is 0 Å². The molecular weight excluding hydrogens is 458 g/mol. The van der Waals surface area contributed by atoms with E-state index in [1.807, 2.05) is 0 Å². The normalized spacial score (nSPS) is 11.9. The first kappa shape index (κ1) is 29.2. The van der Waals surface area contributed by atoms with E-state index in [9.17, 15) is 27.0 Å². The molecule has 10 nitrogen and oxygen atoms in total. The summed E-state index contributed by atoms with van der Waals surface area (Å²) in [6, 6.07) is 5.88. The number of nitrogens with zero attached hydrogens (tertiary/aromatic N) is 2. The van der Waals surface area contributed by atoms with Gasteiger partial charge >= 0.3 is 59.1 Å². The Morgan fingerprint density at radius 2 is 1.07 bits per heavy atom. The summed E-state index contributed by atoms with van der Waals surface area (Å²) >= 11 is 0. The first-order valence-electron chi connectivity index (χ1n) is 7.55. The summed E-state index contributed by atoms with van der Waals surface area (Å²) in [6.07, 6.45) is 2.26. The number of hydrogen-bond donors (Lipinski definition) is 2. The second-order valence-corrected chi connectivity index (χ2v) is 8.26. The molecule has 2 aromatic rings. The van der Waals surface area contributed by atoms with Gasteiger partial charge in [-0.3, -0.25) is 19.1 Å². The molecule has 0 spiro atoms. The summed E-state index contributed by atoms with van der Waals surface area (Å²) in [6.45, 7) is 0.163. The Hall–Kier alpha value is -0.800. The zero-order chi connectivity index (χ0) is 20.9. The van der Waals surface area contributed by atoms with Crippen LogP contribution in [0.15, 0.2) is 56.2 Å². The van der Waals surface area contributed by atoms with Gasteiger partial charge in [-0.2, -0.15) is 16.8 Å². The van der Waals surface area contributed by atoms with Crippen molar-refractivity contribution in [2.75, 3.05) is 13.1 Å². The van der Waals surface area contributed by atoms with Gasteiger partial charge in [0.05, 0.1) is 22.9 Å². The second-order valence-electron chi connectivity index (χ2n) is 5.42. The van der Waals surface area contributed by atoms with Crippen LogP contribution in [0.25, 0.3) is 0 Å². The van der Waals surface area contributed by atoms with Crippen molar-refractivity contribution in [2.45, 2.75) is 9.79 Å². The Balaban J connectivity index is 0.00000420. The van der Waals surface area contributed by atoms with Gasteiger partial charge in [0.15, 0.2) is 0 Å². The topological polar surface area (TPSA) is 180 Å². The van der Waals surface area contributed by atoms with Gasteiger partial charge in [-0.15, -0.1) is 0 Å². The molecule has 0 aromatic heterocycles. The largest absolute Gasteiger partial charge is 1.00 e. The number of benzene rings is 2. The summed E-state index contributed by atoms with van der Waals surface area (Å²) in [4.78, 5) is 6.94. The Morgan fingerprint density at radius 3 is 1.37 bits per heavy atom. The van der Waals surface area contributed by atoms with Crippen LogP contribution in [0.3, 0.4) is 0 Å². The third-order valence-electron chi connectivity index (χ3n) is 3.38. The Bertz CT molecular complexity index is 1060. The van der Waals surface area contributed by atoms with Crippen LogP contribution >= 0.6 is 0 Å². The predicted octanol–water partition coefficient (Wildman–Crippen LogP) is -6.13. The molecule has 30 heavy (non-hydrogen) atoms. The van der Waals surface area contributed by atoms with Crippen molar-refractivity contribution < 1.29 is 95.3 Å². The first-order valence-corrected chi connectivity index (χ1v) is 10.4. The molecule has 0 fully saturated rings. The average Bonchev–Trinajstić information content (AvgIpc) is 2.58. The van der Waals surface area contributed by atoms with Crippen molar-refractivity contribution in [3.63, 3.8) is 0 Å². The van der Waals surface area contributed by atoms with E-state index in [0.717, 1.165) is 48.8 Å². The van der Waals surface area contributed by atoms with Crippen molar-refractivity contribution in [1.82, 2.24) is 0 Å². The van der Waals surface area contributed by atoms with Crippen molar-refractivity contribution in [3.8, 4) is 11.5 Å². The van der Waals surface area contributed by atoms with Gasteiger partial charge in [-0.25, -0.2) is 0 Å². The molecule has 150 valence electrons. The quantitative estimate of drug-likeness (QED) is 0.173. The molecule has 0 saturated heterocycles. The summed E-state index contributed by atoms with van der Waals surface area (Å²) in [5.41, 5.74) is -0.0800. The van der Waals surface area contributed by atoms with Crippen LogP contribution in [0.2, 0.25) is 0 Å². The molecule has 0 atom stereocenters. The molecule has 0 aliphatic carbocycles. The third kappa shape index (κ3) is 8.75. The van der Waals surface area contributed by atoms with Crippen molar-refractivity contribution in [1.29, 1.82) is 0 Å². The van der Waals surface area contributed by atoms with E-state index in [1.165, 1.54) is 0 Å². The van der Waals surface area contributed by atoms with Crippen LogP contribution < -0.4 is 69.3 Å². The number of aliphatic imine (C=N–C) groups is 2. The van der Waals surface area contributed by atoms with Crippen LogP contribution in [-0.4, -0.2) is 51.5 Å². The van der Waals surface area contributed by atoms with Gasteiger partial charge in [-0.1, -0.05) is 23.6 Å². The van der Waals surface area contributed by atoms with Crippen LogP contribution in [0, 0.1) is 0 Å². The number of rotatable bonds is 7. The van der Waals surface area contributed by atoms with E-state index in [4.69, 9.17) is 9.11 Å². The van der Waals surface area contributed by atoms with Gasteiger partial charge in [-0.05, 0) is 35.4 Å². The molecule has 2 N–H and O–H groups in total. The minimum Gasteiger partial charge on any atom is -0.872 e. The fraction of sp³-hybridized carbons (Fsp3) is 0.125. The fourth-order valence-electron chi connectivity index (χ4n) is 2.02. The summed E-state index contributed by atoms with van der Waals surface area (Å²) < 4.78 is 62.2. The Labute approximate surface area is 217 Å². The minimum atomic E-state index is -4.44. The zero-order valence-electron chi connectivity index (χ0n) is 16.1. The van der Waals surface area contributed by atoms with E-state index in [2.05, 4.69) is 9.98 Å². The van der Waals surface area contributed by atoms with E-state index < -0.39 is 41.5 Å². The molecule has 0 aliphatic rings. The minimum absolute atomic E-state index is 0. The van der Waals surface area contributed by atoms with Crippen molar-refractivity contribution in [2.24, 2.45) is 9.98 Å². The van der Waals surface area contributed by atoms with Crippen molar-refractivity contribution in [3.05, 3.63) is 47.5 Å². The van der Waals surface area contributed by atoms with Gasteiger partial charge in [0, 0.05) is 12.4 Å². The molecular formula is C16H14N2Na2O8S2. The maximum absolute atomic E-state index is 11.7. The maximum atomic E-state index is 11.7. The van der Waals surface area contributed by atoms with Crippen molar-refractivity contribution >= 4 is 32.7 Å². The molecule has 0 unspecified atom stereocenters. The molecule has 0 amide bonds. The Morgan fingerprint density at radius 1 is 0.733 bits per heavy atom. The van der Waals surface area contributed by atoms with E-state index in [1.54, 1.807) is 0 Å². The van der Waals surface area contributed by atoms with Crippen LogP contribution in [0.5, 0.6) is 11.5 Å². The summed E-state index contributed by atoms with van der Waals surface area (Å²) in [5, 5.41) is 23.3. The summed E-state index contributed by atoms with van der Waals surface area (Å²) in [7, 11) is -8.89. The monoisotopic (exact) mass is 472 g/mol. The van der Waals surface area contributed by atoms with Gasteiger partial charge in [0.25, 0.3) is 20.2 Å². The summed E-state index contributed by atoms with van der Waals surface area (Å²) in [5.74, 6) is -0.977. The van der Waals surface area contributed by atoms with E-state index >= 15 is 0 Å². The molecule has 2 aromatic carbocycles. The predicted molar refractivity (Wildman–Crippen MR) is 96.3 cm³/mol. The smallest absolute Gasteiger partial charge is 0.872 e. The van der Waals surface area contributed by atoms with Crippen LogP contribution in [0.4, 0.5) is 0 Å². The van der Waals surface area contributed by atoms with E-state index in [-0.39, 0.29) is 83.3 Å². The van der Waals surface area contributed by atoms with Gasteiger partial charge < -0.3 is 10.2 Å². The van der Waals surface area contributed by atoms with Crippen LogP contribution in [-0.2, 0) is 20.2 Å². The molecule has 14 heteroatoms. The second kappa shape index (κ2) is 12.3. The first-order chi connectivity index (χ1) is 13.0. The molecule has 2 rings (SSSR count). The molecule has 0 radical (unpaired) electrons. The third-order valence-corrected chi connectivity index (χ3v) is 5.08. The van der Waals surface area contributed by atoms with E-state index in [0.29, 0.717) is 0 Å². The SMILES string of the molecule is O=S(=O)(O)c1ccc([O-])c(C=NCCN=Cc2cc(S(=O)(=O)O)ccc2[O-])c1.[Na+].[Na+]. The van der Waals surface area contributed by atoms with Crippen LogP contribution in [0.1, 0.15) is 11.1 Å². The molecule has 0 heterocycles. The molecule has 0 saturated carbocycles. The van der Waals surface area contributed by atoms with Gasteiger partial charge in [0.2, 0.25) is 0 Å². The average molecular weight is 472 g/mol. The molecule has 0 bridgehead atoms. The standard InChI is InChI=1S/C16H16N2O8S2.2Na/c19-15-3-1-13(27(21,22)23)7-11(15)9-17-5-6-18-10-12-8-14(28(24,25)26)2-4-16(12)20;;/h1-4,7-10,19-20H,5-6H2,(H,21,22,23)(H,24,25,26);;/q;2*+1/p-2. The molecule has 0 aliphatic heterocycles. The maximum Gasteiger partial charge on any atom is 1.00 e. The zero-order valence-corrected chi connectivity index (χ0v) is 21.7.